The number of rotatable bonds is 6. The zero-order chi connectivity index (χ0) is 19.1. The summed E-state index contributed by atoms with van der Waals surface area (Å²) in [5, 5.41) is 22.1. The molecule has 6 nitrogen and oxygen atoms in total. The molecule has 1 N–H and O–H groups in total. The van der Waals surface area contributed by atoms with Gasteiger partial charge in [0.1, 0.15) is 5.92 Å². The number of allylic oxidation sites excluding steroid dienone is 1. The van der Waals surface area contributed by atoms with Crippen LogP contribution < -0.4 is 5.32 Å². The first-order valence-corrected chi connectivity index (χ1v) is 9.20. The maximum atomic E-state index is 12.4. The van der Waals surface area contributed by atoms with E-state index < -0.39 is 23.7 Å². The predicted molar refractivity (Wildman–Crippen MR) is 97.5 cm³/mol. The van der Waals surface area contributed by atoms with Crippen molar-refractivity contribution in [3.05, 3.63) is 46.0 Å². The lowest BCUT2D eigenvalue weighted by atomic mass is 9.78. The van der Waals surface area contributed by atoms with Crippen molar-refractivity contribution in [2.45, 2.75) is 26.2 Å². The minimum Gasteiger partial charge on any atom is -0.465 e. The lowest BCUT2D eigenvalue weighted by Gasteiger charge is -2.29. The lowest BCUT2D eigenvalue weighted by Crippen LogP contribution is -2.39. The molecule has 1 aliphatic rings. The molecule has 0 saturated heterocycles. The Morgan fingerprint density at radius 3 is 2.69 bits per heavy atom. The van der Waals surface area contributed by atoms with E-state index >= 15 is 0 Å². The number of carbonyl (C=O) groups is 2. The van der Waals surface area contributed by atoms with Crippen LogP contribution in [0.4, 0.5) is 0 Å². The lowest BCUT2D eigenvalue weighted by molar-refractivity contribution is -0.140. The van der Waals surface area contributed by atoms with Crippen LogP contribution in [0.1, 0.15) is 30.4 Å². The number of nitriles is 2. The van der Waals surface area contributed by atoms with E-state index in [4.69, 9.17) is 4.74 Å². The van der Waals surface area contributed by atoms with Gasteiger partial charge in [0.25, 0.3) is 0 Å². The molecule has 1 aromatic carbocycles. The number of ether oxygens (including phenoxy) is 1. The van der Waals surface area contributed by atoms with E-state index in [1.165, 1.54) is 0 Å². The fourth-order valence-corrected chi connectivity index (χ4v) is 3.59. The van der Waals surface area contributed by atoms with Crippen molar-refractivity contribution < 1.29 is 14.3 Å². The summed E-state index contributed by atoms with van der Waals surface area (Å²) in [7, 11) is 0. The summed E-state index contributed by atoms with van der Waals surface area (Å²) in [5.41, 5.74) is 1.95. The molecule has 26 heavy (non-hydrogen) atoms. The van der Waals surface area contributed by atoms with Gasteiger partial charge >= 0.3 is 5.97 Å². The zero-order valence-electron chi connectivity index (χ0n) is 14.6. The Bertz CT molecular complexity index is 820. The molecule has 134 valence electrons. The van der Waals surface area contributed by atoms with Crippen molar-refractivity contribution >= 4 is 23.6 Å². The largest absolute Gasteiger partial charge is 0.465 e. The number of nitrogens with one attached hydrogen (secondary N) is 1. The van der Waals surface area contributed by atoms with E-state index in [0.717, 1.165) is 29.3 Å². The molecule has 0 unspecified atom stereocenters. The minimum absolute atomic E-state index is 0.0154. The van der Waals surface area contributed by atoms with Crippen LogP contribution in [-0.4, -0.2) is 24.2 Å². The van der Waals surface area contributed by atoms with E-state index in [-0.39, 0.29) is 5.75 Å². The first-order chi connectivity index (χ1) is 12.5. The number of hydrogen-bond acceptors (Lipinski definition) is 6. The number of thioether (sulfide) groups is 1. The molecule has 0 saturated carbocycles. The average molecular weight is 369 g/mol. The summed E-state index contributed by atoms with van der Waals surface area (Å²) in [6.45, 7) is 4.10. The second kappa shape index (κ2) is 9.07. The van der Waals surface area contributed by atoms with Gasteiger partial charge in [-0.2, -0.15) is 10.5 Å². The Morgan fingerprint density at radius 2 is 2.08 bits per heavy atom. The van der Waals surface area contributed by atoms with Crippen LogP contribution in [-0.2, 0) is 14.3 Å². The quantitative estimate of drug-likeness (QED) is 0.774. The van der Waals surface area contributed by atoms with Gasteiger partial charge in [-0.15, -0.1) is 0 Å². The van der Waals surface area contributed by atoms with E-state index in [9.17, 15) is 20.1 Å². The normalized spacial score (nSPS) is 19.3. The first-order valence-electron chi connectivity index (χ1n) is 8.22. The third-order valence-corrected chi connectivity index (χ3v) is 4.98. The van der Waals surface area contributed by atoms with Crippen LogP contribution in [0, 0.1) is 35.5 Å². The second-order valence-corrected chi connectivity index (χ2v) is 6.78. The Labute approximate surface area is 156 Å². The third-order valence-electron chi connectivity index (χ3n) is 3.99. The highest BCUT2D eigenvalue weighted by molar-refractivity contribution is 8.03. The van der Waals surface area contributed by atoms with E-state index in [1.54, 1.807) is 0 Å². The maximum absolute atomic E-state index is 12.4. The Hall–Kier alpha value is -2.77. The van der Waals surface area contributed by atoms with Gasteiger partial charge in [0.05, 0.1) is 35.1 Å². The molecular formula is C19H19N3O3S. The fourth-order valence-electron chi connectivity index (χ4n) is 2.74. The van der Waals surface area contributed by atoms with Gasteiger partial charge < -0.3 is 10.1 Å². The third kappa shape index (κ3) is 4.25. The van der Waals surface area contributed by atoms with Gasteiger partial charge in [-0.3, -0.25) is 9.59 Å². The van der Waals surface area contributed by atoms with Crippen LogP contribution in [0.3, 0.4) is 0 Å². The van der Waals surface area contributed by atoms with Crippen molar-refractivity contribution in [3.63, 3.8) is 0 Å². The number of aryl methyl sites for hydroxylation is 1. The van der Waals surface area contributed by atoms with Crippen LogP contribution in [0.15, 0.2) is 34.9 Å². The molecule has 0 bridgehead atoms. The van der Waals surface area contributed by atoms with Crippen LogP contribution in [0.2, 0.25) is 0 Å². The van der Waals surface area contributed by atoms with Crippen molar-refractivity contribution in [2.24, 2.45) is 5.92 Å². The molecule has 2 rings (SSSR count). The molecule has 1 aromatic rings. The number of hydrogen-bond donors (Lipinski definition) is 1. The highest BCUT2D eigenvalue weighted by Gasteiger charge is 2.40. The van der Waals surface area contributed by atoms with E-state index in [2.05, 4.69) is 11.4 Å². The fraction of sp³-hybridized carbons (Fsp3) is 0.368. The molecular weight excluding hydrogens is 350 g/mol. The van der Waals surface area contributed by atoms with Crippen molar-refractivity contribution in [1.29, 1.82) is 10.5 Å². The Balaban J connectivity index is 2.38. The monoisotopic (exact) mass is 369 g/mol. The van der Waals surface area contributed by atoms with Gasteiger partial charge in [-0.05, 0) is 24.5 Å². The summed E-state index contributed by atoms with van der Waals surface area (Å²) in [4.78, 5) is 24.1. The molecule has 0 radical (unpaired) electrons. The van der Waals surface area contributed by atoms with Crippen LogP contribution in [0.5, 0.6) is 0 Å². The predicted octanol–water partition coefficient (Wildman–Crippen LogP) is 2.77. The second-order valence-electron chi connectivity index (χ2n) is 5.79. The van der Waals surface area contributed by atoms with Gasteiger partial charge in [0.15, 0.2) is 0 Å². The molecule has 1 heterocycles. The molecule has 7 heteroatoms. The Morgan fingerprint density at radius 1 is 1.35 bits per heavy atom. The molecule has 1 amide bonds. The molecule has 1 aliphatic heterocycles. The Kier molecular flexibility index (Phi) is 6.82. The number of esters is 1. The summed E-state index contributed by atoms with van der Waals surface area (Å²) in [6, 6.07) is 11.5. The van der Waals surface area contributed by atoms with Crippen molar-refractivity contribution in [1.82, 2.24) is 5.32 Å². The first kappa shape index (κ1) is 19.6. The van der Waals surface area contributed by atoms with Gasteiger partial charge in [0.2, 0.25) is 5.91 Å². The average Bonchev–Trinajstić information content (AvgIpc) is 2.64. The molecule has 0 aromatic heterocycles. The zero-order valence-corrected chi connectivity index (χ0v) is 15.4. The highest BCUT2D eigenvalue weighted by atomic mass is 32.2. The number of nitrogens with zero attached hydrogens (tertiary/aromatic N) is 2. The molecule has 0 spiro atoms. The van der Waals surface area contributed by atoms with Crippen molar-refractivity contribution in [2.75, 3.05) is 12.4 Å². The summed E-state index contributed by atoms with van der Waals surface area (Å²) in [5.74, 6) is -2.55. The van der Waals surface area contributed by atoms with Gasteiger partial charge in [0, 0.05) is 5.92 Å². The van der Waals surface area contributed by atoms with Gasteiger partial charge in [-0.1, -0.05) is 43.0 Å². The smallest absolute Gasteiger partial charge is 0.316 e. The van der Waals surface area contributed by atoms with E-state index in [0.29, 0.717) is 17.2 Å². The summed E-state index contributed by atoms with van der Waals surface area (Å²) in [6.07, 6.45) is 0.721. The van der Waals surface area contributed by atoms with E-state index in [1.807, 2.05) is 44.2 Å². The number of amides is 1. The molecule has 0 fully saturated rings. The molecule has 2 atom stereocenters. The topological polar surface area (TPSA) is 103 Å². The van der Waals surface area contributed by atoms with Crippen LogP contribution in [0.25, 0.3) is 0 Å². The SMILES string of the molecule is CCCOC(=O)CSC1=C(C#N)[C@H](c2ccccc2C)[C@H](C#N)C(=O)N1. The highest BCUT2D eigenvalue weighted by Crippen LogP contribution is 2.40. The van der Waals surface area contributed by atoms with Crippen molar-refractivity contribution in [3.8, 4) is 12.1 Å². The molecule has 0 aliphatic carbocycles. The van der Waals surface area contributed by atoms with Crippen LogP contribution >= 0.6 is 11.8 Å². The number of carbonyl (C=O) groups excluding carboxylic acids is 2. The summed E-state index contributed by atoms with van der Waals surface area (Å²) >= 11 is 1.05. The maximum Gasteiger partial charge on any atom is 0.316 e. The minimum atomic E-state index is -0.998. The number of benzene rings is 1. The summed E-state index contributed by atoms with van der Waals surface area (Å²) < 4.78 is 5.02. The standard InChI is InChI=1S/C19H19N3O3S/c1-3-8-25-16(23)11-26-19-15(10-21)17(14(9-20)18(24)22-19)13-7-5-4-6-12(13)2/h4-7,14,17H,3,8,11H2,1-2H3,(H,22,24)/t14-,17+/m0/s1. The van der Waals surface area contributed by atoms with Gasteiger partial charge in [-0.25, -0.2) is 0 Å².